The van der Waals surface area contributed by atoms with E-state index in [1.807, 2.05) is 0 Å². The van der Waals surface area contributed by atoms with Gasteiger partial charge >= 0.3 is 5.97 Å². The van der Waals surface area contributed by atoms with E-state index in [0.29, 0.717) is 0 Å². The van der Waals surface area contributed by atoms with Crippen LogP contribution in [0.15, 0.2) is 47.4 Å². The van der Waals surface area contributed by atoms with Gasteiger partial charge in [-0.3, -0.25) is 13.8 Å². The zero-order valence-electron chi connectivity index (χ0n) is 14.7. The van der Waals surface area contributed by atoms with Gasteiger partial charge in [0, 0.05) is 18.0 Å². The lowest BCUT2D eigenvalue weighted by Gasteiger charge is -2.09. The summed E-state index contributed by atoms with van der Waals surface area (Å²) >= 11 is 0. The molecule has 0 aliphatic heterocycles. The van der Waals surface area contributed by atoms with Gasteiger partial charge in [-0.1, -0.05) is 12.1 Å². The van der Waals surface area contributed by atoms with Crippen LogP contribution in [0, 0.1) is 11.6 Å². The number of carbonyl (C=O) groups excluding carboxylic acids is 3. The Balaban J connectivity index is 1.81. The largest absolute Gasteiger partial charge is 0.452 e. The second-order valence-electron chi connectivity index (χ2n) is 5.48. The highest BCUT2D eigenvalue weighted by molar-refractivity contribution is 7.84. The van der Waals surface area contributed by atoms with Gasteiger partial charge in [0.05, 0.1) is 27.8 Å². The normalized spacial score (nSPS) is 11.4. The molecule has 0 saturated carbocycles. The zero-order chi connectivity index (χ0) is 20.7. The Labute approximate surface area is 161 Å². The lowest BCUT2D eigenvalue weighted by molar-refractivity contribution is -0.126. The fourth-order valence-electron chi connectivity index (χ4n) is 2.10. The highest BCUT2D eigenvalue weighted by Gasteiger charge is 2.16. The molecule has 0 bridgehead atoms. The van der Waals surface area contributed by atoms with Crippen LogP contribution >= 0.6 is 0 Å². The summed E-state index contributed by atoms with van der Waals surface area (Å²) in [5, 5.41) is 4.49. The molecule has 0 radical (unpaired) electrons. The molecular weight excluding hydrogens is 394 g/mol. The van der Waals surface area contributed by atoms with Crippen molar-refractivity contribution in [3.05, 3.63) is 59.7 Å². The van der Waals surface area contributed by atoms with E-state index < -0.39 is 53.4 Å². The van der Waals surface area contributed by atoms with E-state index in [1.54, 1.807) is 12.1 Å². The summed E-state index contributed by atoms with van der Waals surface area (Å²) in [6.07, 6.45) is 1.41. The average Bonchev–Trinajstić information content (AvgIpc) is 2.67. The van der Waals surface area contributed by atoms with Gasteiger partial charge in [0.15, 0.2) is 18.2 Å². The number of benzene rings is 2. The highest BCUT2D eigenvalue weighted by Crippen LogP contribution is 2.14. The fourth-order valence-corrected chi connectivity index (χ4v) is 2.84. The minimum atomic E-state index is -1.41. The quantitative estimate of drug-likeness (QED) is 0.676. The van der Waals surface area contributed by atoms with Crippen molar-refractivity contribution in [1.29, 1.82) is 0 Å². The average molecular weight is 410 g/mol. The predicted molar refractivity (Wildman–Crippen MR) is 97.1 cm³/mol. The number of hydrogen-bond donors (Lipinski definition) is 2. The number of ether oxygens (including phenoxy) is 1. The predicted octanol–water partition coefficient (Wildman–Crippen LogP) is 1.61. The van der Waals surface area contributed by atoms with Crippen LogP contribution in [0.4, 0.5) is 14.5 Å². The fraction of sp³-hybridized carbons (Fsp3) is 0.167. The number of amides is 2. The van der Waals surface area contributed by atoms with Crippen LogP contribution < -0.4 is 10.6 Å². The van der Waals surface area contributed by atoms with E-state index in [-0.39, 0.29) is 16.1 Å². The third kappa shape index (κ3) is 5.95. The maximum atomic E-state index is 13.1. The Bertz CT molecular complexity index is 936. The molecule has 2 rings (SSSR count). The van der Waals surface area contributed by atoms with Crippen molar-refractivity contribution in [3.8, 4) is 0 Å². The number of nitrogens with one attached hydrogen (secondary N) is 2. The summed E-state index contributed by atoms with van der Waals surface area (Å²) in [6, 6.07) is 8.92. The van der Waals surface area contributed by atoms with Crippen LogP contribution in [0.5, 0.6) is 0 Å². The molecule has 0 aromatic heterocycles. The monoisotopic (exact) mass is 410 g/mol. The lowest BCUT2D eigenvalue weighted by Crippen LogP contribution is -2.35. The van der Waals surface area contributed by atoms with E-state index in [4.69, 9.17) is 4.74 Å². The van der Waals surface area contributed by atoms with E-state index in [9.17, 15) is 27.4 Å². The molecular formula is C18H16F2N2O5S. The topological polar surface area (TPSA) is 102 Å². The summed E-state index contributed by atoms with van der Waals surface area (Å²) < 4.78 is 42.4. The molecule has 1 atom stereocenters. The van der Waals surface area contributed by atoms with Crippen molar-refractivity contribution in [3.63, 3.8) is 0 Å². The zero-order valence-corrected chi connectivity index (χ0v) is 15.5. The van der Waals surface area contributed by atoms with Crippen molar-refractivity contribution in [2.45, 2.75) is 4.90 Å². The Morgan fingerprint density at radius 3 is 2.43 bits per heavy atom. The van der Waals surface area contributed by atoms with Gasteiger partial charge in [-0.15, -0.1) is 0 Å². The van der Waals surface area contributed by atoms with Gasteiger partial charge in [0.2, 0.25) is 5.91 Å². The summed E-state index contributed by atoms with van der Waals surface area (Å²) in [4.78, 5) is 35.7. The summed E-state index contributed by atoms with van der Waals surface area (Å²) in [6.45, 7) is -1.12. The number of rotatable bonds is 7. The van der Waals surface area contributed by atoms with E-state index >= 15 is 0 Å². The van der Waals surface area contributed by atoms with Crippen molar-refractivity contribution in [2.75, 3.05) is 24.7 Å². The Morgan fingerprint density at radius 2 is 1.75 bits per heavy atom. The van der Waals surface area contributed by atoms with Crippen LogP contribution in [-0.2, 0) is 25.1 Å². The number of halogens is 2. The third-order valence-electron chi connectivity index (χ3n) is 3.40. The minimum Gasteiger partial charge on any atom is -0.452 e. The summed E-state index contributed by atoms with van der Waals surface area (Å²) in [5.74, 6) is -4.43. The first-order chi connectivity index (χ1) is 13.3. The molecule has 28 heavy (non-hydrogen) atoms. The molecule has 2 N–H and O–H groups in total. The van der Waals surface area contributed by atoms with Crippen molar-refractivity contribution < 1.29 is 32.1 Å². The van der Waals surface area contributed by atoms with Crippen LogP contribution in [0.3, 0.4) is 0 Å². The van der Waals surface area contributed by atoms with Crippen molar-refractivity contribution in [1.82, 2.24) is 5.32 Å². The smallest absolute Gasteiger partial charge is 0.339 e. The molecule has 2 aromatic carbocycles. The van der Waals surface area contributed by atoms with Gasteiger partial charge in [0.25, 0.3) is 5.91 Å². The molecule has 0 heterocycles. The molecule has 2 amide bonds. The maximum Gasteiger partial charge on any atom is 0.339 e. The van der Waals surface area contributed by atoms with E-state index in [1.165, 1.54) is 18.4 Å². The Kier molecular flexibility index (Phi) is 7.33. The van der Waals surface area contributed by atoms with Crippen molar-refractivity contribution in [2.24, 2.45) is 0 Å². The Hall–Kier alpha value is -3.14. The number of anilines is 1. The third-order valence-corrected chi connectivity index (χ3v) is 4.38. The maximum absolute atomic E-state index is 13.1. The molecule has 0 aliphatic carbocycles. The lowest BCUT2D eigenvalue weighted by atomic mass is 10.2. The van der Waals surface area contributed by atoms with Crippen LogP contribution in [0.1, 0.15) is 10.4 Å². The molecule has 7 nitrogen and oxygen atoms in total. The minimum absolute atomic E-state index is 0.0220. The van der Waals surface area contributed by atoms with E-state index in [0.717, 1.165) is 18.2 Å². The number of carbonyl (C=O) groups is 3. The van der Waals surface area contributed by atoms with Crippen LogP contribution in [-0.4, -0.2) is 41.4 Å². The first-order valence-corrected chi connectivity index (χ1v) is 9.45. The second kappa shape index (κ2) is 9.70. The number of esters is 1. The van der Waals surface area contributed by atoms with Gasteiger partial charge in [-0.25, -0.2) is 13.6 Å². The van der Waals surface area contributed by atoms with Gasteiger partial charge in [-0.05, 0) is 24.3 Å². The van der Waals surface area contributed by atoms with Crippen LogP contribution in [0.25, 0.3) is 0 Å². The standard InChI is InChI=1S/C18H16F2N2O5S/c1-28(26)15-5-3-2-4-12(15)18(25)27-10-17(24)21-9-16(23)22-11-6-7-13(19)14(20)8-11/h2-8H,9-10H2,1H3,(H,21,24)(H,22,23)/t28-/m0/s1. The molecule has 148 valence electrons. The second-order valence-corrected chi connectivity index (χ2v) is 6.83. The van der Waals surface area contributed by atoms with Crippen molar-refractivity contribution >= 4 is 34.3 Å². The van der Waals surface area contributed by atoms with Gasteiger partial charge < -0.3 is 15.4 Å². The molecule has 0 fully saturated rings. The first kappa shape index (κ1) is 21.2. The van der Waals surface area contributed by atoms with Gasteiger partial charge in [-0.2, -0.15) is 0 Å². The summed E-state index contributed by atoms with van der Waals surface area (Å²) in [7, 11) is -1.41. The molecule has 0 spiro atoms. The molecule has 2 aromatic rings. The highest BCUT2D eigenvalue weighted by atomic mass is 32.2. The molecule has 0 aliphatic rings. The summed E-state index contributed by atoms with van der Waals surface area (Å²) in [5.41, 5.74) is 0.0981. The molecule has 0 unspecified atom stereocenters. The van der Waals surface area contributed by atoms with Crippen LogP contribution in [0.2, 0.25) is 0 Å². The molecule has 0 saturated heterocycles. The van der Waals surface area contributed by atoms with E-state index in [2.05, 4.69) is 10.6 Å². The molecule has 10 heteroatoms. The first-order valence-electron chi connectivity index (χ1n) is 7.89. The Morgan fingerprint density at radius 1 is 1.04 bits per heavy atom. The van der Waals surface area contributed by atoms with Gasteiger partial charge in [0.1, 0.15) is 0 Å². The number of hydrogen-bond acceptors (Lipinski definition) is 5. The SMILES string of the molecule is C[S@](=O)c1ccccc1C(=O)OCC(=O)NCC(=O)Nc1ccc(F)c(F)c1.